The largest absolute Gasteiger partial charge is 0.309 e. The first-order chi connectivity index (χ1) is 5.68. The third-order valence-corrected chi connectivity index (χ3v) is 2.47. The van der Waals surface area contributed by atoms with E-state index in [1.54, 1.807) is 6.92 Å². The van der Waals surface area contributed by atoms with Crippen LogP contribution < -0.4 is 0 Å². The van der Waals surface area contributed by atoms with E-state index in [-0.39, 0.29) is 5.78 Å². The molecule has 0 amide bonds. The van der Waals surface area contributed by atoms with Crippen molar-refractivity contribution in [3.63, 3.8) is 0 Å². The highest BCUT2D eigenvalue weighted by Crippen LogP contribution is 2.27. The van der Waals surface area contributed by atoms with Crippen LogP contribution in [0.25, 0.3) is 0 Å². The van der Waals surface area contributed by atoms with Crippen LogP contribution in [0.15, 0.2) is 0 Å². The van der Waals surface area contributed by atoms with E-state index in [0.29, 0.717) is 18.1 Å². The van der Waals surface area contributed by atoms with Crippen LogP contribution in [0.2, 0.25) is 0 Å². The second-order valence-corrected chi connectivity index (χ2v) is 3.84. The molecule has 0 aromatic rings. The molecule has 68 valence electrons. The Morgan fingerprint density at radius 3 is 2.50 bits per heavy atom. The molecule has 1 N–H and O–H groups in total. The zero-order valence-corrected chi connectivity index (χ0v) is 7.73. The summed E-state index contributed by atoms with van der Waals surface area (Å²) in [5, 5.41) is 7.56. The molecular formula is C10H17NO. The minimum absolute atomic E-state index is 0.123. The van der Waals surface area contributed by atoms with E-state index in [9.17, 15) is 4.79 Å². The van der Waals surface area contributed by atoms with Crippen molar-refractivity contribution in [1.29, 1.82) is 5.41 Å². The lowest BCUT2D eigenvalue weighted by Crippen LogP contribution is -2.08. The molecule has 2 nitrogen and oxygen atoms in total. The van der Waals surface area contributed by atoms with Crippen molar-refractivity contribution in [1.82, 2.24) is 0 Å². The zero-order valence-electron chi connectivity index (χ0n) is 7.73. The number of carbonyl (C=O) groups excluding carboxylic acids is 1. The van der Waals surface area contributed by atoms with Gasteiger partial charge in [-0.15, -0.1) is 0 Å². The maximum atomic E-state index is 10.7. The Balaban J connectivity index is 2.20. The van der Waals surface area contributed by atoms with Crippen LogP contribution in [0.4, 0.5) is 0 Å². The van der Waals surface area contributed by atoms with Gasteiger partial charge in [-0.25, -0.2) is 0 Å². The number of carbonyl (C=O) groups is 1. The van der Waals surface area contributed by atoms with Crippen LogP contribution in [-0.2, 0) is 4.79 Å². The molecule has 1 aliphatic rings. The molecule has 0 heterocycles. The van der Waals surface area contributed by atoms with Crippen molar-refractivity contribution >= 4 is 11.5 Å². The maximum Gasteiger partial charge on any atom is 0.135 e. The van der Waals surface area contributed by atoms with Gasteiger partial charge in [-0.3, -0.25) is 4.79 Å². The molecule has 1 saturated carbocycles. The fourth-order valence-electron chi connectivity index (χ4n) is 1.94. The van der Waals surface area contributed by atoms with Crippen molar-refractivity contribution < 1.29 is 4.79 Å². The molecule has 1 fully saturated rings. The summed E-state index contributed by atoms with van der Waals surface area (Å²) in [5.74, 6) is 0.829. The Labute approximate surface area is 73.9 Å². The standard InChI is InChI=1S/C10H17NO/c1-8(12)6-10(11)7-9-4-2-3-5-9/h9,11H,2-7H2,1H3. The first-order valence-corrected chi connectivity index (χ1v) is 4.74. The number of hydrogen-bond donors (Lipinski definition) is 1. The molecule has 1 aliphatic carbocycles. The van der Waals surface area contributed by atoms with Crippen molar-refractivity contribution in [3.8, 4) is 0 Å². The van der Waals surface area contributed by atoms with E-state index in [4.69, 9.17) is 5.41 Å². The predicted molar refractivity (Wildman–Crippen MR) is 49.6 cm³/mol. The van der Waals surface area contributed by atoms with Crippen molar-refractivity contribution in [2.45, 2.75) is 45.4 Å². The van der Waals surface area contributed by atoms with E-state index in [2.05, 4.69) is 0 Å². The fraction of sp³-hybridized carbons (Fsp3) is 0.800. The monoisotopic (exact) mass is 167 g/mol. The quantitative estimate of drug-likeness (QED) is 0.642. The third kappa shape index (κ3) is 3.16. The van der Waals surface area contributed by atoms with E-state index < -0.39 is 0 Å². The smallest absolute Gasteiger partial charge is 0.135 e. The summed E-state index contributed by atoms with van der Waals surface area (Å²) in [5.41, 5.74) is 0.634. The Morgan fingerprint density at radius 2 is 2.00 bits per heavy atom. The van der Waals surface area contributed by atoms with Gasteiger partial charge in [0.05, 0.1) is 0 Å². The van der Waals surface area contributed by atoms with Crippen LogP contribution >= 0.6 is 0 Å². The van der Waals surface area contributed by atoms with Crippen LogP contribution in [0, 0.1) is 11.3 Å². The van der Waals surface area contributed by atoms with E-state index in [0.717, 1.165) is 6.42 Å². The summed E-state index contributed by atoms with van der Waals surface area (Å²) < 4.78 is 0. The lowest BCUT2D eigenvalue weighted by molar-refractivity contribution is -0.115. The second kappa shape index (κ2) is 4.39. The van der Waals surface area contributed by atoms with Crippen molar-refractivity contribution in [2.24, 2.45) is 5.92 Å². The lowest BCUT2D eigenvalue weighted by Gasteiger charge is -2.07. The molecule has 0 atom stereocenters. The Morgan fingerprint density at radius 1 is 1.42 bits per heavy atom. The molecular weight excluding hydrogens is 150 g/mol. The van der Waals surface area contributed by atoms with Gasteiger partial charge < -0.3 is 5.41 Å². The van der Waals surface area contributed by atoms with Gasteiger partial charge in [-0.1, -0.05) is 25.7 Å². The minimum Gasteiger partial charge on any atom is -0.309 e. The molecule has 0 aliphatic heterocycles. The first-order valence-electron chi connectivity index (χ1n) is 4.74. The highest BCUT2D eigenvalue weighted by atomic mass is 16.1. The Bertz CT molecular complexity index is 180. The SMILES string of the molecule is CC(=O)CC(=N)CC1CCCC1. The Hall–Kier alpha value is -0.660. The van der Waals surface area contributed by atoms with E-state index in [1.165, 1.54) is 25.7 Å². The predicted octanol–water partition coefficient (Wildman–Crippen LogP) is 2.57. The molecule has 0 aromatic carbocycles. The van der Waals surface area contributed by atoms with Gasteiger partial charge >= 0.3 is 0 Å². The summed E-state index contributed by atoms with van der Waals surface area (Å²) in [7, 11) is 0. The van der Waals surface area contributed by atoms with Crippen molar-refractivity contribution in [3.05, 3.63) is 0 Å². The number of ketones is 1. The second-order valence-electron chi connectivity index (χ2n) is 3.84. The number of hydrogen-bond acceptors (Lipinski definition) is 2. The summed E-state index contributed by atoms with van der Waals surface area (Å²) in [4.78, 5) is 10.7. The van der Waals surface area contributed by atoms with Gasteiger partial charge in [0.25, 0.3) is 0 Å². The average Bonchev–Trinajstić information content (AvgIpc) is 2.37. The lowest BCUT2D eigenvalue weighted by atomic mass is 9.98. The fourth-order valence-corrected chi connectivity index (χ4v) is 1.94. The van der Waals surface area contributed by atoms with Gasteiger partial charge in [0.15, 0.2) is 0 Å². The van der Waals surface area contributed by atoms with Gasteiger partial charge in [0, 0.05) is 12.1 Å². The summed E-state index contributed by atoms with van der Waals surface area (Å²) in [6.07, 6.45) is 6.40. The third-order valence-electron chi connectivity index (χ3n) is 2.47. The minimum atomic E-state index is 0.123. The van der Waals surface area contributed by atoms with Crippen molar-refractivity contribution in [2.75, 3.05) is 0 Å². The molecule has 0 aromatic heterocycles. The van der Waals surface area contributed by atoms with E-state index in [1.807, 2.05) is 0 Å². The van der Waals surface area contributed by atoms with Crippen LogP contribution in [0.3, 0.4) is 0 Å². The number of nitrogens with one attached hydrogen (secondary N) is 1. The van der Waals surface area contributed by atoms with Crippen LogP contribution in [0.5, 0.6) is 0 Å². The molecule has 1 rings (SSSR count). The highest BCUT2D eigenvalue weighted by Gasteiger charge is 2.16. The van der Waals surface area contributed by atoms with Gasteiger partial charge in [0.1, 0.15) is 5.78 Å². The maximum absolute atomic E-state index is 10.7. The van der Waals surface area contributed by atoms with Crippen LogP contribution in [0.1, 0.15) is 45.4 Å². The molecule has 0 spiro atoms. The molecule has 0 radical (unpaired) electrons. The first kappa shape index (κ1) is 9.43. The van der Waals surface area contributed by atoms with Gasteiger partial charge in [-0.2, -0.15) is 0 Å². The molecule has 0 saturated heterocycles. The van der Waals surface area contributed by atoms with Gasteiger partial charge in [0.2, 0.25) is 0 Å². The summed E-state index contributed by atoms with van der Waals surface area (Å²) in [6.45, 7) is 1.56. The van der Waals surface area contributed by atoms with E-state index >= 15 is 0 Å². The molecule has 0 bridgehead atoms. The normalized spacial score (nSPS) is 18.1. The molecule has 2 heteroatoms. The average molecular weight is 167 g/mol. The zero-order chi connectivity index (χ0) is 8.97. The molecule has 0 unspecified atom stereocenters. The van der Waals surface area contributed by atoms with Gasteiger partial charge in [-0.05, 0) is 19.3 Å². The highest BCUT2D eigenvalue weighted by molar-refractivity contribution is 5.99. The topological polar surface area (TPSA) is 40.9 Å². The summed E-state index contributed by atoms with van der Waals surface area (Å²) in [6, 6.07) is 0. The van der Waals surface area contributed by atoms with Crippen LogP contribution in [-0.4, -0.2) is 11.5 Å². The number of rotatable bonds is 4. The number of Topliss-reactive ketones (excluding diaryl/α,β-unsaturated/α-hetero) is 1. The molecule has 12 heavy (non-hydrogen) atoms. The summed E-state index contributed by atoms with van der Waals surface area (Å²) >= 11 is 0. The Kier molecular flexibility index (Phi) is 3.45.